The minimum Gasteiger partial charge on any atom is -0.148 e. The molecule has 0 aliphatic carbocycles. The molecule has 0 aliphatic heterocycles. The zero-order chi connectivity index (χ0) is 8.23. The summed E-state index contributed by atoms with van der Waals surface area (Å²) in [4.78, 5) is 0. The molecule has 2 aromatic rings. The lowest BCUT2D eigenvalue weighted by atomic mass is 10.4. The molecule has 2 heteroatoms. The van der Waals surface area contributed by atoms with E-state index >= 15 is 0 Å². The van der Waals surface area contributed by atoms with Crippen molar-refractivity contribution >= 4 is 11.3 Å². The molecule has 0 spiro atoms. The molecule has 0 fully saturated rings. The molecule has 0 unspecified atom stereocenters. The van der Waals surface area contributed by atoms with E-state index in [1.165, 1.54) is 7.14 Å². The molecule has 1 heterocycles. The third-order valence-electron chi connectivity index (χ3n) is 1.44. The van der Waals surface area contributed by atoms with Crippen LogP contribution in [0.1, 0.15) is 0 Å². The fraction of sp³-hybridized carbons (Fsp3) is 0. The third-order valence-corrected chi connectivity index (χ3v) is 5.18. The number of thiophene rings is 1. The van der Waals surface area contributed by atoms with Crippen LogP contribution in [0.25, 0.3) is 0 Å². The van der Waals surface area contributed by atoms with E-state index in [1.807, 2.05) is 0 Å². The van der Waals surface area contributed by atoms with E-state index in [0.717, 1.165) is 0 Å². The van der Waals surface area contributed by atoms with Crippen LogP contribution in [0.2, 0.25) is 0 Å². The maximum atomic E-state index is 2.25. The van der Waals surface area contributed by atoms with E-state index in [0.29, 0.717) is 0 Å². The van der Waals surface area contributed by atoms with Crippen LogP contribution in [-0.4, -0.2) is 0 Å². The summed E-state index contributed by atoms with van der Waals surface area (Å²) in [7, 11) is 0. The first-order valence-corrected chi connectivity index (χ1v) is 6.77. The number of halogens is 1. The van der Waals surface area contributed by atoms with Crippen LogP contribution < -0.4 is 21.2 Å². The quantitative estimate of drug-likeness (QED) is 0.676. The van der Waals surface area contributed by atoms with Crippen molar-refractivity contribution in [3.63, 3.8) is 0 Å². The lowest BCUT2D eigenvalue weighted by molar-refractivity contribution is -0.597. The Hall–Kier alpha value is -0.350. The lowest BCUT2D eigenvalue weighted by Gasteiger charge is -1.80. The zero-order valence-corrected chi connectivity index (χ0v) is 9.38. The third kappa shape index (κ3) is 2.08. The summed E-state index contributed by atoms with van der Waals surface area (Å²) in [6, 6.07) is 12.9. The molecular formula is C10H8IS+. The molecule has 0 atom stereocenters. The summed E-state index contributed by atoms with van der Waals surface area (Å²) in [5, 5.41) is 4.40. The molecule has 1 aromatic heterocycles. The van der Waals surface area contributed by atoms with E-state index in [4.69, 9.17) is 0 Å². The molecule has 0 radical (unpaired) electrons. The van der Waals surface area contributed by atoms with Gasteiger partial charge in [-0.2, -0.15) is 0 Å². The Kier molecular flexibility index (Phi) is 2.79. The second-order valence-corrected chi connectivity index (χ2v) is 6.14. The van der Waals surface area contributed by atoms with Gasteiger partial charge in [0.1, 0.15) is 0 Å². The van der Waals surface area contributed by atoms with Crippen molar-refractivity contribution in [3.8, 4) is 0 Å². The van der Waals surface area contributed by atoms with Gasteiger partial charge in [0.25, 0.3) is 0 Å². The highest BCUT2D eigenvalue weighted by Crippen LogP contribution is 1.93. The Labute approximate surface area is 86.5 Å². The largest absolute Gasteiger partial charge is 0.358 e. The smallest absolute Gasteiger partial charge is 0.148 e. The fourth-order valence-corrected chi connectivity index (χ4v) is 4.38. The van der Waals surface area contributed by atoms with Gasteiger partial charge in [0, 0.05) is 11.4 Å². The van der Waals surface area contributed by atoms with Gasteiger partial charge in [-0.25, -0.2) is 0 Å². The molecule has 0 nitrogen and oxygen atoms in total. The average molecular weight is 287 g/mol. The predicted molar refractivity (Wildman–Crippen MR) is 48.2 cm³/mol. The zero-order valence-electron chi connectivity index (χ0n) is 6.41. The monoisotopic (exact) mass is 287 g/mol. The van der Waals surface area contributed by atoms with Crippen molar-refractivity contribution in [1.29, 1.82) is 0 Å². The Morgan fingerprint density at radius 1 is 0.917 bits per heavy atom. The van der Waals surface area contributed by atoms with Crippen LogP contribution in [0.15, 0.2) is 47.2 Å². The summed E-state index contributed by atoms with van der Waals surface area (Å²) >= 11 is 1.86. The van der Waals surface area contributed by atoms with Crippen LogP contribution >= 0.6 is 11.3 Å². The molecule has 0 amide bonds. The second kappa shape index (κ2) is 4.05. The van der Waals surface area contributed by atoms with Crippen LogP contribution in [-0.2, 0) is 0 Å². The Morgan fingerprint density at radius 2 is 1.75 bits per heavy atom. The van der Waals surface area contributed by atoms with E-state index in [-0.39, 0.29) is 21.2 Å². The fourth-order valence-electron chi connectivity index (χ4n) is 0.905. The average Bonchev–Trinajstić information content (AvgIpc) is 2.59. The van der Waals surface area contributed by atoms with Crippen molar-refractivity contribution in [2.45, 2.75) is 0 Å². The summed E-state index contributed by atoms with van der Waals surface area (Å²) in [6.45, 7) is 0. The highest BCUT2D eigenvalue weighted by atomic mass is 127. The molecule has 0 saturated carbocycles. The lowest BCUT2D eigenvalue weighted by Crippen LogP contribution is -3.61. The van der Waals surface area contributed by atoms with Crippen molar-refractivity contribution in [2.75, 3.05) is 0 Å². The van der Waals surface area contributed by atoms with Gasteiger partial charge in [0.2, 0.25) is 3.57 Å². The highest BCUT2D eigenvalue weighted by molar-refractivity contribution is 7.07. The Morgan fingerprint density at radius 3 is 2.42 bits per heavy atom. The van der Waals surface area contributed by atoms with Crippen LogP contribution in [0.5, 0.6) is 0 Å². The van der Waals surface area contributed by atoms with E-state index in [1.54, 1.807) is 11.3 Å². The van der Waals surface area contributed by atoms with E-state index < -0.39 is 0 Å². The summed E-state index contributed by atoms with van der Waals surface area (Å²) < 4.78 is 3.01. The van der Waals surface area contributed by atoms with Crippen molar-refractivity contribution < 1.29 is 21.2 Å². The first-order valence-electron chi connectivity index (χ1n) is 3.67. The van der Waals surface area contributed by atoms with Crippen molar-refractivity contribution in [2.24, 2.45) is 0 Å². The molecular weight excluding hydrogens is 279 g/mol. The number of benzene rings is 1. The Balaban J connectivity index is 2.15. The van der Waals surface area contributed by atoms with Gasteiger partial charge in [-0.1, -0.05) is 18.2 Å². The standard InChI is InChI=1S/C10H8IS/c1-2-4-9(5-3-1)11-10-6-7-12-8-10/h1-8H/q+1. The van der Waals surface area contributed by atoms with Gasteiger partial charge in [0.05, 0.1) is 0 Å². The SMILES string of the molecule is c1ccc([I+]c2ccsc2)cc1. The minimum absolute atomic E-state index is 0.0767. The Bertz CT molecular complexity index is 326. The van der Waals surface area contributed by atoms with Gasteiger partial charge in [-0.15, -0.1) is 11.3 Å². The van der Waals surface area contributed by atoms with Gasteiger partial charge < -0.3 is 0 Å². The predicted octanol–water partition coefficient (Wildman–Crippen LogP) is -0.124. The summed E-state index contributed by atoms with van der Waals surface area (Å²) in [6.07, 6.45) is 0. The topological polar surface area (TPSA) is 0 Å². The number of rotatable bonds is 2. The maximum absolute atomic E-state index is 2.25. The van der Waals surface area contributed by atoms with Crippen molar-refractivity contribution in [1.82, 2.24) is 0 Å². The molecule has 0 saturated heterocycles. The summed E-state index contributed by atoms with van der Waals surface area (Å²) in [5.41, 5.74) is 0. The molecule has 0 N–H and O–H groups in total. The van der Waals surface area contributed by atoms with Crippen molar-refractivity contribution in [3.05, 3.63) is 54.3 Å². The minimum atomic E-state index is 0.0767. The van der Waals surface area contributed by atoms with E-state index in [2.05, 4.69) is 47.2 Å². The van der Waals surface area contributed by atoms with Crippen LogP contribution in [0.4, 0.5) is 0 Å². The van der Waals surface area contributed by atoms with Crippen LogP contribution in [0, 0.1) is 7.14 Å². The first-order chi connectivity index (χ1) is 5.95. The molecule has 2 rings (SSSR count). The summed E-state index contributed by atoms with van der Waals surface area (Å²) in [5.74, 6) is 0. The van der Waals surface area contributed by atoms with Gasteiger partial charge in [-0.3, -0.25) is 0 Å². The maximum Gasteiger partial charge on any atom is 0.358 e. The molecule has 0 bridgehead atoms. The van der Waals surface area contributed by atoms with Gasteiger partial charge in [0.15, 0.2) is 3.57 Å². The van der Waals surface area contributed by atoms with Gasteiger partial charge >= 0.3 is 21.2 Å². The molecule has 12 heavy (non-hydrogen) atoms. The van der Waals surface area contributed by atoms with Gasteiger partial charge in [-0.05, 0) is 17.5 Å². The highest BCUT2D eigenvalue weighted by Gasteiger charge is 2.13. The first kappa shape index (κ1) is 8.26. The molecule has 60 valence electrons. The molecule has 1 aromatic carbocycles. The second-order valence-electron chi connectivity index (χ2n) is 2.33. The number of hydrogen-bond donors (Lipinski definition) is 0. The normalized spacial score (nSPS) is 10.0. The van der Waals surface area contributed by atoms with Crippen LogP contribution in [0.3, 0.4) is 0 Å². The molecule has 0 aliphatic rings. The van der Waals surface area contributed by atoms with E-state index in [9.17, 15) is 0 Å². The number of hydrogen-bond acceptors (Lipinski definition) is 1.